The van der Waals surface area contributed by atoms with Crippen LogP contribution in [0.1, 0.15) is 5.56 Å². The Morgan fingerprint density at radius 3 is 2.65 bits per heavy atom. The van der Waals surface area contributed by atoms with Crippen molar-refractivity contribution in [2.75, 3.05) is 0 Å². The predicted octanol–water partition coefficient (Wildman–Crippen LogP) is 4.04. The van der Waals surface area contributed by atoms with Crippen LogP contribution in [0.15, 0.2) is 40.1 Å². The zero-order chi connectivity index (χ0) is 14.7. The van der Waals surface area contributed by atoms with Gasteiger partial charge in [0.2, 0.25) is 5.88 Å². The van der Waals surface area contributed by atoms with E-state index in [-0.39, 0.29) is 5.84 Å². The van der Waals surface area contributed by atoms with Crippen molar-refractivity contribution in [1.29, 1.82) is 0 Å². The molecule has 0 radical (unpaired) electrons. The molecule has 0 atom stereocenters. The Kier molecular flexibility index (Phi) is 4.69. The number of nitrogens with zero attached hydrogens (tertiary/aromatic N) is 2. The van der Waals surface area contributed by atoms with Gasteiger partial charge in [-0.05, 0) is 28.1 Å². The lowest BCUT2D eigenvalue weighted by Crippen LogP contribution is -2.13. The third kappa shape index (κ3) is 3.33. The van der Waals surface area contributed by atoms with Crippen LogP contribution in [0, 0.1) is 0 Å². The van der Waals surface area contributed by atoms with Crippen LogP contribution < -0.4 is 10.5 Å². The van der Waals surface area contributed by atoms with E-state index in [9.17, 15) is 0 Å². The molecule has 0 spiro atoms. The average Bonchev–Trinajstić information content (AvgIpc) is 2.44. The molecule has 20 heavy (non-hydrogen) atoms. The van der Waals surface area contributed by atoms with Gasteiger partial charge in [0.25, 0.3) is 0 Å². The van der Waals surface area contributed by atoms with E-state index in [2.05, 4.69) is 26.1 Å². The van der Waals surface area contributed by atoms with Crippen molar-refractivity contribution in [1.82, 2.24) is 4.98 Å². The fraction of sp³-hybridized carbons (Fsp3) is 0. The molecule has 0 amide bonds. The van der Waals surface area contributed by atoms with Crippen LogP contribution in [0.5, 0.6) is 11.6 Å². The number of hydrogen-bond acceptors (Lipinski definition) is 4. The highest BCUT2D eigenvalue weighted by atomic mass is 79.9. The SMILES string of the molecule is N/C(=N/O)c1ccc(Oc2cc(Cl)c(Br)cc2Cl)nc1. The zero-order valence-corrected chi connectivity index (χ0v) is 12.9. The van der Waals surface area contributed by atoms with E-state index < -0.39 is 0 Å². The van der Waals surface area contributed by atoms with E-state index in [0.29, 0.717) is 31.7 Å². The van der Waals surface area contributed by atoms with E-state index in [0.717, 1.165) is 0 Å². The fourth-order valence-electron chi connectivity index (χ4n) is 1.35. The van der Waals surface area contributed by atoms with Crippen molar-refractivity contribution in [3.63, 3.8) is 0 Å². The molecular formula is C12H8BrCl2N3O2. The fourth-order valence-corrected chi connectivity index (χ4v) is 2.18. The molecule has 1 aromatic carbocycles. The van der Waals surface area contributed by atoms with Crippen LogP contribution >= 0.6 is 39.1 Å². The minimum Gasteiger partial charge on any atom is -0.437 e. The number of aromatic nitrogens is 1. The van der Waals surface area contributed by atoms with Crippen molar-refractivity contribution in [2.24, 2.45) is 10.9 Å². The summed E-state index contributed by atoms with van der Waals surface area (Å²) >= 11 is 15.3. The smallest absolute Gasteiger partial charge is 0.219 e. The summed E-state index contributed by atoms with van der Waals surface area (Å²) in [5.41, 5.74) is 5.90. The van der Waals surface area contributed by atoms with Gasteiger partial charge in [-0.25, -0.2) is 4.98 Å². The highest BCUT2D eigenvalue weighted by Gasteiger charge is 2.09. The molecule has 1 aromatic heterocycles. The number of ether oxygens (including phenoxy) is 1. The minimum absolute atomic E-state index is 0.0335. The summed E-state index contributed by atoms with van der Waals surface area (Å²) < 4.78 is 6.19. The van der Waals surface area contributed by atoms with E-state index in [4.69, 9.17) is 38.9 Å². The van der Waals surface area contributed by atoms with Crippen LogP contribution in [-0.4, -0.2) is 16.0 Å². The van der Waals surface area contributed by atoms with E-state index in [1.54, 1.807) is 24.3 Å². The number of rotatable bonds is 3. The molecule has 0 saturated carbocycles. The van der Waals surface area contributed by atoms with Gasteiger partial charge in [-0.15, -0.1) is 0 Å². The maximum atomic E-state index is 8.55. The summed E-state index contributed by atoms with van der Waals surface area (Å²) in [5, 5.41) is 12.3. The van der Waals surface area contributed by atoms with Crippen molar-refractivity contribution in [2.45, 2.75) is 0 Å². The van der Waals surface area contributed by atoms with E-state index >= 15 is 0 Å². The molecular weight excluding hydrogens is 369 g/mol. The Morgan fingerprint density at radius 2 is 2.05 bits per heavy atom. The van der Waals surface area contributed by atoms with Crippen LogP contribution in [0.4, 0.5) is 0 Å². The third-order valence-corrected chi connectivity index (χ3v) is 3.82. The van der Waals surface area contributed by atoms with E-state index in [1.165, 1.54) is 6.20 Å². The van der Waals surface area contributed by atoms with Gasteiger partial charge >= 0.3 is 0 Å². The molecule has 1 heterocycles. The molecule has 3 N–H and O–H groups in total. The first kappa shape index (κ1) is 14.9. The second-order valence-corrected chi connectivity index (χ2v) is 5.34. The van der Waals surface area contributed by atoms with Gasteiger partial charge in [-0.1, -0.05) is 28.4 Å². The molecule has 0 aliphatic heterocycles. The topological polar surface area (TPSA) is 80.7 Å². The summed E-state index contributed by atoms with van der Waals surface area (Å²) in [6.45, 7) is 0. The number of halogens is 3. The van der Waals surface area contributed by atoms with Crippen molar-refractivity contribution in [3.05, 3.63) is 50.5 Å². The first-order valence-corrected chi connectivity index (χ1v) is 6.82. The lowest BCUT2D eigenvalue weighted by atomic mass is 10.3. The average molecular weight is 377 g/mol. The number of amidine groups is 1. The lowest BCUT2D eigenvalue weighted by Gasteiger charge is -2.08. The first-order chi connectivity index (χ1) is 9.51. The molecule has 0 aliphatic rings. The molecule has 5 nitrogen and oxygen atoms in total. The normalized spacial score (nSPS) is 11.4. The summed E-state index contributed by atoms with van der Waals surface area (Å²) in [6.07, 6.45) is 1.42. The molecule has 0 fully saturated rings. The summed E-state index contributed by atoms with van der Waals surface area (Å²) in [4.78, 5) is 4.03. The van der Waals surface area contributed by atoms with Crippen LogP contribution in [0.2, 0.25) is 10.0 Å². The van der Waals surface area contributed by atoms with Gasteiger partial charge in [-0.3, -0.25) is 0 Å². The Morgan fingerprint density at radius 1 is 1.30 bits per heavy atom. The lowest BCUT2D eigenvalue weighted by molar-refractivity contribution is 0.318. The standard InChI is InChI=1S/C12H8BrCl2N3O2/c13-7-3-9(15)10(4-8(7)14)20-11-2-1-6(5-17-11)12(16)18-19/h1-5,19H,(H2,16,18). The minimum atomic E-state index is -0.0335. The number of benzene rings is 1. The van der Waals surface area contributed by atoms with Gasteiger partial charge < -0.3 is 15.7 Å². The van der Waals surface area contributed by atoms with Crippen molar-refractivity contribution in [3.8, 4) is 11.6 Å². The number of oxime groups is 1. The Bertz CT molecular complexity index is 662. The van der Waals surface area contributed by atoms with Gasteiger partial charge in [0.15, 0.2) is 5.84 Å². The largest absolute Gasteiger partial charge is 0.437 e. The second kappa shape index (κ2) is 6.30. The summed E-state index contributed by atoms with van der Waals surface area (Å²) in [6, 6.07) is 6.38. The summed E-state index contributed by atoms with van der Waals surface area (Å²) in [7, 11) is 0. The van der Waals surface area contributed by atoms with Gasteiger partial charge in [0, 0.05) is 28.4 Å². The van der Waals surface area contributed by atoms with Crippen LogP contribution in [-0.2, 0) is 0 Å². The molecule has 0 unspecified atom stereocenters. The molecule has 0 aliphatic carbocycles. The highest BCUT2D eigenvalue weighted by Crippen LogP contribution is 2.36. The monoisotopic (exact) mass is 375 g/mol. The van der Waals surface area contributed by atoms with Crippen molar-refractivity contribution >= 4 is 45.0 Å². The molecule has 8 heteroatoms. The Balaban J connectivity index is 2.24. The molecule has 104 valence electrons. The Hall–Kier alpha value is -1.50. The quantitative estimate of drug-likeness (QED) is 0.278. The first-order valence-electron chi connectivity index (χ1n) is 5.27. The number of hydrogen-bond donors (Lipinski definition) is 2. The van der Waals surface area contributed by atoms with Gasteiger partial charge in [0.05, 0.1) is 10.0 Å². The molecule has 0 saturated heterocycles. The summed E-state index contributed by atoms with van der Waals surface area (Å²) in [5.74, 6) is 0.650. The van der Waals surface area contributed by atoms with Crippen molar-refractivity contribution < 1.29 is 9.94 Å². The maximum absolute atomic E-state index is 8.55. The van der Waals surface area contributed by atoms with Gasteiger partial charge in [0.1, 0.15) is 5.75 Å². The number of nitrogens with two attached hydrogens (primary N) is 1. The molecule has 2 aromatic rings. The second-order valence-electron chi connectivity index (χ2n) is 3.67. The Labute approximate surface area is 133 Å². The predicted molar refractivity (Wildman–Crippen MR) is 81.0 cm³/mol. The number of pyridine rings is 1. The van der Waals surface area contributed by atoms with Crippen LogP contribution in [0.3, 0.4) is 0 Å². The van der Waals surface area contributed by atoms with Crippen LogP contribution in [0.25, 0.3) is 0 Å². The highest BCUT2D eigenvalue weighted by molar-refractivity contribution is 9.10. The zero-order valence-electron chi connectivity index (χ0n) is 9.85. The molecule has 0 bridgehead atoms. The van der Waals surface area contributed by atoms with Gasteiger partial charge in [-0.2, -0.15) is 0 Å². The molecule has 2 rings (SSSR count). The third-order valence-electron chi connectivity index (χ3n) is 2.33. The van der Waals surface area contributed by atoms with E-state index in [1.807, 2.05) is 0 Å². The maximum Gasteiger partial charge on any atom is 0.219 e.